The van der Waals surface area contributed by atoms with Crippen LogP contribution >= 0.6 is 0 Å². The predicted molar refractivity (Wildman–Crippen MR) is 132 cm³/mol. The highest BCUT2D eigenvalue weighted by Crippen LogP contribution is 2.50. The Hall–Kier alpha value is -4.36. The van der Waals surface area contributed by atoms with Crippen LogP contribution in [0.1, 0.15) is 11.7 Å². The molecular formula is C28H26O7. The van der Waals surface area contributed by atoms with E-state index in [0.717, 1.165) is 0 Å². The molecule has 4 aromatic carbocycles. The molecule has 0 heterocycles. The number of ether oxygens (including phenoxy) is 3. The number of benzene rings is 4. The van der Waals surface area contributed by atoms with Crippen LogP contribution in [0.15, 0.2) is 78.9 Å². The molecule has 0 saturated heterocycles. The molecule has 4 aromatic rings. The zero-order chi connectivity index (χ0) is 24.9. The van der Waals surface area contributed by atoms with Crippen LogP contribution in [0, 0.1) is 0 Å². The van der Waals surface area contributed by atoms with Crippen LogP contribution in [0.2, 0.25) is 0 Å². The molecule has 0 spiro atoms. The van der Waals surface area contributed by atoms with Crippen molar-refractivity contribution in [2.75, 3.05) is 20.8 Å². The van der Waals surface area contributed by atoms with Crippen molar-refractivity contribution in [1.29, 1.82) is 0 Å². The Morgan fingerprint density at radius 1 is 0.743 bits per heavy atom. The first-order valence-corrected chi connectivity index (χ1v) is 10.9. The third kappa shape index (κ3) is 4.95. The number of phenolic OH excluding ortho intramolecular Hbond substituents is 3. The average molecular weight is 475 g/mol. The van der Waals surface area contributed by atoms with Crippen molar-refractivity contribution in [3.8, 4) is 56.8 Å². The van der Waals surface area contributed by atoms with Crippen LogP contribution < -0.4 is 14.2 Å². The summed E-state index contributed by atoms with van der Waals surface area (Å²) in [6.45, 7) is -0.0410. The summed E-state index contributed by atoms with van der Waals surface area (Å²) in [5.74, 6) is 0.564. The van der Waals surface area contributed by atoms with Crippen LogP contribution in [0.25, 0.3) is 22.3 Å². The fraction of sp³-hybridized carbons (Fsp3) is 0.143. The standard InChI is InChI=1S/C28H26O7/c1-33-25-15-21(17-8-11-20(29)12-9-17)28(34-2)27(32)26(25)19-10-13-24(22(30)14-19)35-16-23(31)18-6-4-3-5-7-18/h3-15,23,29-32H,16H2,1-2H3. The first-order valence-electron chi connectivity index (χ1n) is 10.9. The van der Waals surface area contributed by atoms with E-state index in [2.05, 4.69) is 0 Å². The fourth-order valence-corrected chi connectivity index (χ4v) is 3.86. The van der Waals surface area contributed by atoms with Crippen LogP contribution in [0.4, 0.5) is 0 Å². The van der Waals surface area contributed by atoms with E-state index < -0.39 is 6.10 Å². The molecule has 0 amide bonds. The molecule has 35 heavy (non-hydrogen) atoms. The van der Waals surface area contributed by atoms with Crippen molar-refractivity contribution < 1.29 is 34.6 Å². The molecular weight excluding hydrogens is 448 g/mol. The van der Waals surface area contributed by atoms with Gasteiger partial charge in [0.05, 0.1) is 19.8 Å². The third-order valence-corrected chi connectivity index (χ3v) is 5.65. The third-order valence-electron chi connectivity index (χ3n) is 5.65. The van der Waals surface area contributed by atoms with Gasteiger partial charge in [0.2, 0.25) is 0 Å². The van der Waals surface area contributed by atoms with E-state index in [0.29, 0.717) is 33.6 Å². The van der Waals surface area contributed by atoms with Crippen molar-refractivity contribution in [1.82, 2.24) is 0 Å². The van der Waals surface area contributed by atoms with E-state index in [1.54, 1.807) is 42.5 Å². The van der Waals surface area contributed by atoms with Gasteiger partial charge < -0.3 is 34.6 Å². The highest BCUT2D eigenvalue weighted by Gasteiger charge is 2.22. The molecule has 0 aliphatic carbocycles. The lowest BCUT2D eigenvalue weighted by Crippen LogP contribution is -2.09. The lowest BCUT2D eigenvalue weighted by atomic mass is 9.96. The quantitative estimate of drug-likeness (QED) is 0.276. The molecule has 1 unspecified atom stereocenters. The van der Waals surface area contributed by atoms with Crippen LogP contribution in [-0.2, 0) is 0 Å². The zero-order valence-corrected chi connectivity index (χ0v) is 19.3. The van der Waals surface area contributed by atoms with Crippen molar-refractivity contribution in [3.63, 3.8) is 0 Å². The predicted octanol–water partition coefficient (Wildman–Crippen LogP) is 5.27. The van der Waals surface area contributed by atoms with Gasteiger partial charge in [0.15, 0.2) is 23.0 Å². The molecule has 7 heteroatoms. The van der Waals surface area contributed by atoms with Gasteiger partial charge in [-0.25, -0.2) is 0 Å². The van der Waals surface area contributed by atoms with E-state index >= 15 is 0 Å². The Bertz CT molecular complexity index is 1300. The molecule has 7 nitrogen and oxygen atoms in total. The van der Waals surface area contributed by atoms with Crippen molar-refractivity contribution in [3.05, 3.63) is 84.4 Å². The number of methoxy groups -OCH3 is 2. The number of aliphatic hydroxyl groups is 1. The molecule has 0 bridgehead atoms. The van der Waals surface area contributed by atoms with Gasteiger partial charge in [-0.15, -0.1) is 0 Å². The van der Waals surface area contributed by atoms with Gasteiger partial charge in [0.1, 0.15) is 24.2 Å². The summed E-state index contributed by atoms with van der Waals surface area (Å²) in [7, 11) is 2.93. The lowest BCUT2D eigenvalue weighted by Gasteiger charge is -2.19. The van der Waals surface area contributed by atoms with E-state index in [1.807, 2.05) is 18.2 Å². The lowest BCUT2D eigenvalue weighted by molar-refractivity contribution is 0.106. The van der Waals surface area contributed by atoms with Gasteiger partial charge in [0.25, 0.3) is 0 Å². The molecule has 0 radical (unpaired) electrons. The van der Waals surface area contributed by atoms with Gasteiger partial charge in [0, 0.05) is 5.56 Å². The number of hydrogen-bond donors (Lipinski definition) is 4. The maximum Gasteiger partial charge on any atom is 0.170 e. The Balaban J connectivity index is 1.66. The Labute approximate surface area is 203 Å². The summed E-state index contributed by atoms with van der Waals surface area (Å²) in [6, 6.07) is 22.0. The summed E-state index contributed by atoms with van der Waals surface area (Å²) < 4.78 is 16.7. The first kappa shape index (κ1) is 23.8. The second kappa shape index (κ2) is 10.3. The van der Waals surface area contributed by atoms with Crippen LogP contribution in [-0.4, -0.2) is 41.3 Å². The van der Waals surface area contributed by atoms with E-state index in [4.69, 9.17) is 14.2 Å². The molecule has 180 valence electrons. The second-order valence-electron chi connectivity index (χ2n) is 7.85. The van der Waals surface area contributed by atoms with E-state index in [9.17, 15) is 20.4 Å². The van der Waals surface area contributed by atoms with Crippen molar-refractivity contribution in [2.24, 2.45) is 0 Å². The fourth-order valence-electron chi connectivity index (χ4n) is 3.86. The van der Waals surface area contributed by atoms with E-state index in [1.165, 1.54) is 32.4 Å². The van der Waals surface area contributed by atoms with E-state index in [-0.39, 0.29) is 35.4 Å². The van der Waals surface area contributed by atoms with Gasteiger partial charge in [-0.1, -0.05) is 48.5 Å². The smallest absolute Gasteiger partial charge is 0.170 e. The Morgan fingerprint density at radius 3 is 2.06 bits per heavy atom. The minimum Gasteiger partial charge on any atom is -0.508 e. The van der Waals surface area contributed by atoms with Crippen molar-refractivity contribution in [2.45, 2.75) is 6.10 Å². The van der Waals surface area contributed by atoms with Gasteiger partial charge in [-0.05, 0) is 47.0 Å². The first-order chi connectivity index (χ1) is 16.9. The summed E-state index contributed by atoms with van der Waals surface area (Å²) >= 11 is 0. The summed E-state index contributed by atoms with van der Waals surface area (Å²) in [6.07, 6.45) is -0.851. The second-order valence-corrected chi connectivity index (χ2v) is 7.85. The number of aromatic hydroxyl groups is 3. The molecule has 0 aliphatic heterocycles. The molecule has 0 saturated carbocycles. The van der Waals surface area contributed by atoms with Gasteiger partial charge in [-0.2, -0.15) is 0 Å². The molecule has 4 rings (SSSR count). The summed E-state index contributed by atoms with van der Waals surface area (Å²) in [5.41, 5.74) is 2.80. The zero-order valence-electron chi connectivity index (χ0n) is 19.3. The number of rotatable bonds is 8. The maximum absolute atomic E-state index is 11.1. The van der Waals surface area contributed by atoms with Crippen molar-refractivity contribution >= 4 is 0 Å². The molecule has 4 N–H and O–H groups in total. The SMILES string of the molecule is COc1cc(-c2ccc(O)cc2)c(OC)c(O)c1-c1ccc(OCC(O)c2ccccc2)c(O)c1. The number of phenols is 3. The number of aliphatic hydroxyl groups excluding tert-OH is 1. The highest BCUT2D eigenvalue weighted by molar-refractivity contribution is 5.88. The monoisotopic (exact) mass is 474 g/mol. The topological polar surface area (TPSA) is 109 Å². The van der Waals surface area contributed by atoms with Crippen LogP contribution in [0.3, 0.4) is 0 Å². The minimum absolute atomic E-state index is 0.0410. The normalized spacial score (nSPS) is 11.6. The van der Waals surface area contributed by atoms with Gasteiger partial charge >= 0.3 is 0 Å². The Morgan fingerprint density at radius 2 is 1.43 bits per heavy atom. The minimum atomic E-state index is -0.851. The average Bonchev–Trinajstić information content (AvgIpc) is 2.88. The van der Waals surface area contributed by atoms with Gasteiger partial charge in [-0.3, -0.25) is 0 Å². The molecule has 1 atom stereocenters. The molecule has 0 aliphatic rings. The molecule has 0 fully saturated rings. The highest BCUT2D eigenvalue weighted by atomic mass is 16.5. The summed E-state index contributed by atoms with van der Waals surface area (Å²) in [5, 5.41) is 41.6. The largest absolute Gasteiger partial charge is 0.508 e. The Kier molecular flexibility index (Phi) is 6.98. The van der Waals surface area contributed by atoms with Crippen LogP contribution in [0.5, 0.6) is 34.5 Å². The summed E-state index contributed by atoms with van der Waals surface area (Å²) in [4.78, 5) is 0. The maximum atomic E-state index is 11.1. The molecule has 0 aromatic heterocycles. The number of hydrogen-bond acceptors (Lipinski definition) is 7.